The molecule has 0 amide bonds. The molecule has 2 aliphatic rings. The highest BCUT2D eigenvalue weighted by molar-refractivity contribution is 6.01. The summed E-state index contributed by atoms with van der Waals surface area (Å²) in [5.74, 6) is 1.52. The zero-order chi connectivity index (χ0) is 26.0. The van der Waals surface area contributed by atoms with Gasteiger partial charge in [0.15, 0.2) is 11.5 Å². The minimum absolute atomic E-state index is 0.0632. The standard InChI is InChI=1S/C29H32O7/c1-27(2)9-6-19-21-15-22(16-12-17(30)14-18(31)13-16)34-24(21)20-7-10-29(5,36-26(20)25(19)35-27)11-8-23(32)28(3,4)33/h6-7,9-10,12-15,23,30-33H,8,11H2,1-5H3/t23-,29-/m1/s1. The molecule has 190 valence electrons. The van der Waals surface area contributed by atoms with Gasteiger partial charge in [-0.3, -0.25) is 0 Å². The van der Waals surface area contributed by atoms with Crippen LogP contribution < -0.4 is 9.47 Å². The summed E-state index contributed by atoms with van der Waals surface area (Å²) in [4.78, 5) is 0. The van der Waals surface area contributed by atoms with E-state index in [0.29, 0.717) is 41.2 Å². The molecule has 7 nitrogen and oxygen atoms in total. The van der Waals surface area contributed by atoms with Crippen LogP contribution in [0.15, 0.2) is 40.8 Å². The van der Waals surface area contributed by atoms with Gasteiger partial charge < -0.3 is 34.3 Å². The van der Waals surface area contributed by atoms with Crippen molar-refractivity contribution in [3.8, 4) is 34.3 Å². The second-order valence-electron chi connectivity index (χ2n) is 11.1. The Hall–Kier alpha value is -3.42. The van der Waals surface area contributed by atoms with Crippen molar-refractivity contribution in [1.82, 2.24) is 0 Å². The number of hydrogen-bond donors (Lipinski definition) is 4. The summed E-state index contributed by atoms with van der Waals surface area (Å²) in [6.45, 7) is 9.05. The number of aromatic hydroxyl groups is 2. The van der Waals surface area contributed by atoms with E-state index in [2.05, 4.69) is 0 Å². The van der Waals surface area contributed by atoms with Gasteiger partial charge in [-0.25, -0.2) is 0 Å². The van der Waals surface area contributed by atoms with E-state index in [0.717, 1.165) is 16.5 Å². The number of ether oxygens (including phenoxy) is 2. The van der Waals surface area contributed by atoms with Crippen LogP contribution in [0.1, 0.15) is 58.6 Å². The quantitative estimate of drug-likeness (QED) is 0.358. The second-order valence-corrected chi connectivity index (χ2v) is 11.1. The Bertz CT molecular complexity index is 1380. The molecule has 2 aliphatic heterocycles. The first-order valence-electron chi connectivity index (χ1n) is 12.1. The Morgan fingerprint density at radius 2 is 1.53 bits per heavy atom. The van der Waals surface area contributed by atoms with Crippen molar-refractivity contribution in [2.75, 3.05) is 0 Å². The fourth-order valence-electron chi connectivity index (χ4n) is 4.68. The van der Waals surface area contributed by atoms with Crippen molar-refractivity contribution in [3.05, 3.63) is 47.5 Å². The average molecular weight is 493 g/mol. The highest BCUT2D eigenvalue weighted by Crippen LogP contribution is 2.52. The van der Waals surface area contributed by atoms with Gasteiger partial charge in [-0.1, -0.05) is 6.08 Å². The predicted octanol–water partition coefficient (Wildman–Crippen LogP) is 5.77. The van der Waals surface area contributed by atoms with E-state index in [1.165, 1.54) is 18.2 Å². The number of phenolic OH excluding ortho intramolecular Hbond substituents is 2. The molecular formula is C29H32O7. The van der Waals surface area contributed by atoms with Crippen LogP contribution in [-0.2, 0) is 0 Å². The normalized spacial score (nSPS) is 21.0. The van der Waals surface area contributed by atoms with Gasteiger partial charge >= 0.3 is 0 Å². The lowest BCUT2D eigenvalue weighted by Crippen LogP contribution is -2.39. The molecule has 0 saturated heterocycles. The predicted molar refractivity (Wildman–Crippen MR) is 138 cm³/mol. The van der Waals surface area contributed by atoms with E-state index < -0.39 is 22.9 Å². The topological polar surface area (TPSA) is 113 Å². The molecule has 3 aromatic rings. The van der Waals surface area contributed by atoms with E-state index in [4.69, 9.17) is 13.9 Å². The second kappa shape index (κ2) is 8.05. The van der Waals surface area contributed by atoms with Crippen LogP contribution >= 0.6 is 0 Å². The van der Waals surface area contributed by atoms with Gasteiger partial charge in [-0.2, -0.15) is 0 Å². The van der Waals surface area contributed by atoms with Gasteiger partial charge in [-0.15, -0.1) is 0 Å². The first-order chi connectivity index (χ1) is 16.7. The fraction of sp³-hybridized carbons (Fsp3) is 0.379. The van der Waals surface area contributed by atoms with Crippen LogP contribution in [0.2, 0.25) is 0 Å². The summed E-state index contributed by atoms with van der Waals surface area (Å²) >= 11 is 0. The molecule has 0 bridgehead atoms. The Labute approximate surface area is 209 Å². The maximum atomic E-state index is 10.4. The van der Waals surface area contributed by atoms with E-state index in [-0.39, 0.29) is 11.5 Å². The Morgan fingerprint density at radius 3 is 2.19 bits per heavy atom. The monoisotopic (exact) mass is 492 g/mol. The molecular weight excluding hydrogens is 460 g/mol. The van der Waals surface area contributed by atoms with Gasteiger partial charge in [0.25, 0.3) is 0 Å². The number of fused-ring (bicyclic) bond motifs is 6. The van der Waals surface area contributed by atoms with Gasteiger partial charge in [0.1, 0.15) is 34.0 Å². The lowest BCUT2D eigenvalue weighted by molar-refractivity contribution is -0.0579. The first-order valence-corrected chi connectivity index (χ1v) is 12.1. The third-order valence-corrected chi connectivity index (χ3v) is 6.83. The van der Waals surface area contributed by atoms with Crippen LogP contribution in [0, 0.1) is 0 Å². The molecule has 4 N–H and O–H groups in total. The Kier molecular flexibility index (Phi) is 5.43. The van der Waals surface area contributed by atoms with Crippen molar-refractivity contribution < 1.29 is 34.3 Å². The van der Waals surface area contributed by atoms with Crippen LogP contribution in [0.3, 0.4) is 0 Å². The highest BCUT2D eigenvalue weighted by Gasteiger charge is 2.37. The third-order valence-electron chi connectivity index (χ3n) is 6.83. The largest absolute Gasteiger partial charge is 0.508 e. The van der Waals surface area contributed by atoms with Crippen LogP contribution in [0.25, 0.3) is 34.4 Å². The number of aliphatic hydroxyl groups is 2. The highest BCUT2D eigenvalue weighted by atomic mass is 16.5. The van der Waals surface area contributed by atoms with Gasteiger partial charge in [0.2, 0.25) is 0 Å². The van der Waals surface area contributed by atoms with Gasteiger partial charge in [0.05, 0.1) is 17.3 Å². The molecule has 1 aromatic heterocycles. The lowest BCUT2D eigenvalue weighted by Gasteiger charge is -2.37. The molecule has 0 fully saturated rings. The fourth-order valence-corrected chi connectivity index (χ4v) is 4.68. The number of aliphatic hydroxyl groups excluding tert-OH is 1. The number of rotatable bonds is 5. The molecule has 36 heavy (non-hydrogen) atoms. The molecule has 7 heteroatoms. The maximum absolute atomic E-state index is 10.4. The summed E-state index contributed by atoms with van der Waals surface area (Å²) in [5, 5.41) is 41.3. The van der Waals surface area contributed by atoms with E-state index >= 15 is 0 Å². The molecule has 2 aromatic carbocycles. The summed E-state index contributed by atoms with van der Waals surface area (Å²) in [7, 11) is 0. The van der Waals surface area contributed by atoms with E-state index in [1.54, 1.807) is 13.8 Å². The Morgan fingerprint density at radius 1 is 0.889 bits per heavy atom. The van der Waals surface area contributed by atoms with Crippen molar-refractivity contribution in [1.29, 1.82) is 0 Å². The molecule has 0 spiro atoms. The zero-order valence-corrected chi connectivity index (χ0v) is 21.1. The molecule has 0 aliphatic carbocycles. The van der Waals surface area contributed by atoms with Crippen LogP contribution in [0.5, 0.6) is 23.0 Å². The van der Waals surface area contributed by atoms with Crippen LogP contribution in [0.4, 0.5) is 0 Å². The van der Waals surface area contributed by atoms with Crippen LogP contribution in [-0.4, -0.2) is 43.3 Å². The summed E-state index contributed by atoms with van der Waals surface area (Å²) in [5.41, 5.74) is 0.198. The Balaban J connectivity index is 1.63. The van der Waals surface area contributed by atoms with Crippen molar-refractivity contribution in [3.63, 3.8) is 0 Å². The number of phenols is 2. The molecule has 0 radical (unpaired) electrons. The third kappa shape index (κ3) is 4.33. The van der Waals surface area contributed by atoms with Gasteiger partial charge in [0, 0.05) is 22.6 Å². The van der Waals surface area contributed by atoms with Crippen molar-refractivity contribution >= 4 is 23.1 Å². The molecule has 2 atom stereocenters. The average Bonchev–Trinajstić information content (AvgIpc) is 3.21. The van der Waals surface area contributed by atoms with Crippen molar-refractivity contribution in [2.24, 2.45) is 0 Å². The van der Waals surface area contributed by atoms with E-state index in [9.17, 15) is 20.4 Å². The summed E-state index contributed by atoms with van der Waals surface area (Å²) in [6, 6.07) is 6.20. The molecule has 0 saturated carbocycles. The number of hydrogen-bond acceptors (Lipinski definition) is 7. The minimum atomic E-state index is -1.21. The summed E-state index contributed by atoms with van der Waals surface area (Å²) < 4.78 is 19.2. The lowest BCUT2D eigenvalue weighted by atomic mass is 9.88. The number of benzene rings is 2. The van der Waals surface area contributed by atoms with Gasteiger partial charge in [-0.05, 0) is 83.9 Å². The zero-order valence-electron chi connectivity index (χ0n) is 21.1. The minimum Gasteiger partial charge on any atom is -0.508 e. The molecule has 5 rings (SSSR count). The maximum Gasteiger partial charge on any atom is 0.174 e. The summed E-state index contributed by atoms with van der Waals surface area (Å²) in [6.07, 6.45) is 7.79. The van der Waals surface area contributed by atoms with E-state index in [1.807, 2.05) is 51.1 Å². The smallest absolute Gasteiger partial charge is 0.174 e. The molecule has 3 heterocycles. The number of furan rings is 1. The molecule has 0 unspecified atom stereocenters. The first kappa shape index (κ1) is 24.3. The SMILES string of the molecule is CC1(C)C=Cc2c(c3c(c4oc(-c5cc(O)cc(O)c5)cc24)C=C[C@](C)(CC[C@@H](O)C(C)(C)O)O3)O1. The van der Waals surface area contributed by atoms with Crippen molar-refractivity contribution in [2.45, 2.75) is 70.4 Å².